The monoisotopic (exact) mass is 546 g/mol. The van der Waals surface area contributed by atoms with E-state index in [1.54, 1.807) is 24.0 Å². The molecule has 1 fully saturated rings. The van der Waals surface area contributed by atoms with Gasteiger partial charge in [0.25, 0.3) is 5.69 Å². The third-order valence-corrected chi connectivity index (χ3v) is 8.13. The highest BCUT2D eigenvalue weighted by molar-refractivity contribution is 6.03. The van der Waals surface area contributed by atoms with Crippen LogP contribution in [0.15, 0.2) is 71.0 Å². The average Bonchev–Trinajstić information content (AvgIpc) is 2.98. The number of non-ortho nitro benzene ring substituents is 1. The first-order valence-corrected chi connectivity index (χ1v) is 13.9. The molecule has 2 aliphatic rings. The summed E-state index contributed by atoms with van der Waals surface area (Å²) in [4.78, 5) is 44.8. The van der Waals surface area contributed by atoms with E-state index in [0.29, 0.717) is 35.1 Å². The number of carbonyl (C=O) groups is 2. The van der Waals surface area contributed by atoms with Crippen LogP contribution in [0.5, 0.6) is 0 Å². The van der Waals surface area contributed by atoms with Crippen LogP contribution in [0, 0.1) is 16.0 Å². The van der Waals surface area contributed by atoms with Crippen LogP contribution in [-0.2, 0) is 14.3 Å². The molecule has 0 saturated carbocycles. The van der Waals surface area contributed by atoms with E-state index in [-0.39, 0.29) is 5.69 Å². The maximum Gasteiger partial charge on any atom is 0.315 e. The molecule has 1 saturated heterocycles. The second-order valence-corrected chi connectivity index (χ2v) is 10.6. The van der Waals surface area contributed by atoms with Crippen LogP contribution >= 0.6 is 0 Å². The number of piperidine rings is 1. The van der Waals surface area contributed by atoms with Gasteiger partial charge in [-0.2, -0.15) is 0 Å². The summed E-state index contributed by atoms with van der Waals surface area (Å²) in [6.45, 7) is 7.20. The fourth-order valence-electron chi connectivity index (χ4n) is 6.05. The average molecular weight is 547 g/mol. The smallest absolute Gasteiger partial charge is 0.315 e. The minimum absolute atomic E-state index is 0.0399. The number of rotatable bonds is 11. The van der Waals surface area contributed by atoms with E-state index >= 15 is 0 Å². The van der Waals surface area contributed by atoms with E-state index in [0.717, 1.165) is 51.7 Å². The lowest BCUT2D eigenvalue weighted by atomic mass is 9.78. The second-order valence-electron chi connectivity index (χ2n) is 10.6. The Hall–Kier alpha value is -3.85. The van der Waals surface area contributed by atoms with Gasteiger partial charge in [0.15, 0.2) is 0 Å². The quantitative estimate of drug-likeness (QED) is 0.125. The van der Waals surface area contributed by atoms with E-state index in [1.165, 1.54) is 24.8 Å². The van der Waals surface area contributed by atoms with Crippen LogP contribution < -0.4 is 0 Å². The third kappa shape index (κ3) is 6.65. The Morgan fingerprint density at radius 3 is 2.35 bits per heavy atom. The molecule has 0 radical (unpaired) electrons. The Labute approximate surface area is 235 Å². The van der Waals surface area contributed by atoms with Gasteiger partial charge in [-0.15, -0.1) is 0 Å². The number of nitrogens with zero attached hydrogens (tertiary/aromatic N) is 4. The minimum Gasteiger partial charge on any atom is -0.468 e. The number of nitro benzene ring substituents is 1. The summed E-state index contributed by atoms with van der Waals surface area (Å²) in [5.74, 6) is -1.13. The van der Waals surface area contributed by atoms with E-state index < -0.39 is 22.7 Å². The van der Waals surface area contributed by atoms with Crippen molar-refractivity contribution in [1.82, 2.24) is 9.80 Å². The van der Waals surface area contributed by atoms with Gasteiger partial charge in [0.05, 0.1) is 23.4 Å². The largest absolute Gasteiger partial charge is 0.468 e. The van der Waals surface area contributed by atoms with Gasteiger partial charge in [-0.1, -0.05) is 42.5 Å². The van der Waals surface area contributed by atoms with Crippen molar-refractivity contribution >= 4 is 23.8 Å². The van der Waals surface area contributed by atoms with Gasteiger partial charge in [0.1, 0.15) is 5.92 Å². The molecule has 2 aliphatic heterocycles. The number of hydrogen-bond acceptors (Lipinski definition) is 7. The van der Waals surface area contributed by atoms with Crippen molar-refractivity contribution < 1.29 is 19.2 Å². The number of benzene rings is 2. The number of allylic oxidation sites excluding steroid dienone is 2. The predicted octanol–water partition coefficient (Wildman–Crippen LogP) is 5.29. The molecule has 0 spiro atoms. The van der Waals surface area contributed by atoms with Gasteiger partial charge < -0.3 is 14.5 Å². The Morgan fingerprint density at radius 1 is 1.07 bits per heavy atom. The molecule has 2 aromatic carbocycles. The van der Waals surface area contributed by atoms with Crippen LogP contribution in [0.25, 0.3) is 0 Å². The first-order chi connectivity index (χ1) is 19.3. The molecule has 0 aromatic heterocycles. The van der Waals surface area contributed by atoms with E-state index in [2.05, 4.69) is 40.2 Å². The lowest BCUT2D eigenvalue weighted by molar-refractivity contribution is -0.384. The van der Waals surface area contributed by atoms with Gasteiger partial charge in [0, 0.05) is 30.3 Å². The number of carbonyl (C=O) groups excluding carboxylic acids is 2. The fourth-order valence-corrected chi connectivity index (χ4v) is 6.05. The van der Waals surface area contributed by atoms with E-state index in [1.807, 2.05) is 6.92 Å². The second kappa shape index (κ2) is 13.5. The minimum atomic E-state index is -0.737. The van der Waals surface area contributed by atoms with Gasteiger partial charge >= 0.3 is 5.97 Å². The summed E-state index contributed by atoms with van der Waals surface area (Å²) in [5, 5.41) is 11.2. The summed E-state index contributed by atoms with van der Waals surface area (Å²) in [5.41, 5.74) is 3.94. The Balaban J connectivity index is 1.43. The maximum atomic E-state index is 12.9. The lowest BCUT2D eigenvalue weighted by Crippen LogP contribution is -2.39. The van der Waals surface area contributed by atoms with Crippen molar-refractivity contribution in [3.8, 4) is 0 Å². The number of likely N-dealkylation sites (tertiary alicyclic amines) is 1. The first-order valence-electron chi connectivity index (χ1n) is 13.9. The molecular formula is C31H38N4O5. The zero-order valence-electron chi connectivity index (χ0n) is 23.5. The Morgan fingerprint density at radius 2 is 1.75 bits per heavy atom. The fraction of sp³-hybridized carbons (Fsp3) is 0.452. The zero-order valence-corrected chi connectivity index (χ0v) is 23.5. The Kier molecular flexibility index (Phi) is 9.82. The molecule has 4 rings (SSSR count). The maximum absolute atomic E-state index is 12.9. The van der Waals surface area contributed by atoms with Crippen LogP contribution in [0.4, 0.5) is 5.69 Å². The molecule has 0 aliphatic carbocycles. The number of methoxy groups -OCH3 is 1. The molecule has 1 amide bonds. The molecule has 0 bridgehead atoms. The summed E-state index contributed by atoms with van der Waals surface area (Å²) in [7, 11) is 1.33. The van der Waals surface area contributed by atoms with Crippen molar-refractivity contribution in [2.45, 2.75) is 51.4 Å². The molecular weight excluding hydrogens is 508 g/mol. The first kappa shape index (κ1) is 29.1. The zero-order chi connectivity index (χ0) is 28.6. The van der Waals surface area contributed by atoms with Crippen molar-refractivity contribution in [2.24, 2.45) is 10.9 Å². The lowest BCUT2D eigenvalue weighted by Gasteiger charge is -2.36. The third-order valence-electron chi connectivity index (χ3n) is 8.13. The predicted molar refractivity (Wildman–Crippen MR) is 154 cm³/mol. The number of amides is 1. The van der Waals surface area contributed by atoms with E-state index in [4.69, 9.17) is 4.74 Å². The standard InChI is InChI=1S/C31H38N4O5/c1-22-28(31(37)40-3)29(26-11-13-27(14-12-26)35(38)39)30(23(2)32-22)34(21-36)18-8-7-17-33-19-15-25(16-20-33)24-9-5-4-6-10-24/h4-6,9-14,21,25,28-29H,7-8,15-20H2,1-3H3. The van der Waals surface area contributed by atoms with Crippen LogP contribution in [-0.4, -0.2) is 66.1 Å². The van der Waals surface area contributed by atoms with Crippen molar-refractivity contribution in [3.05, 3.63) is 87.2 Å². The molecule has 9 heteroatoms. The van der Waals surface area contributed by atoms with Crippen molar-refractivity contribution in [3.63, 3.8) is 0 Å². The van der Waals surface area contributed by atoms with Crippen molar-refractivity contribution in [2.75, 3.05) is 33.3 Å². The molecule has 2 heterocycles. The summed E-state index contributed by atoms with van der Waals surface area (Å²) in [6.07, 6.45) is 4.84. The normalized spacial score (nSPS) is 20.1. The number of esters is 1. The SMILES string of the molecule is COC(=O)C1C(C)=NC(C)=C(N(C=O)CCCCN2CCC(c3ccccc3)CC2)C1c1ccc([N+](=O)[O-])cc1. The highest BCUT2D eigenvalue weighted by Gasteiger charge is 2.41. The molecule has 2 unspecified atom stereocenters. The summed E-state index contributed by atoms with van der Waals surface area (Å²) >= 11 is 0. The Bertz CT molecular complexity index is 1250. The highest BCUT2D eigenvalue weighted by Crippen LogP contribution is 2.41. The van der Waals surface area contributed by atoms with Gasteiger partial charge in [-0.05, 0) is 76.2 Å². The molecule has 2 atom stereocenters. The summed E-state index contributed by atoms with van der Waals surface area (Å²) in [6, 6.07) is 16.8. The van der Waals surface area contributed by atoms with Gasteiger partial charge in [0.2, 0.25) is 6.41 Å². The van der Waals surface area contributed by atoms with Gasteiger partial charge in [-0.25, -0.2) is 0 Å². The van der Waals surface area contributed by atoms with Crippen LogP contribution in [0.1, 0.15) is 62.5 Å². The topological polar surface area (TPSA) is 105 Å². The summed E-state index contributed by atoms with van der Waals surface area (Å²) < 4.78 is 5.11. The van der Waals surface area contributed by atoms with Crippen LogP contribution in [0.3, 0.4) is 0 Å². The number of unbranched alkanes of at least 4 members (excludes halogenated alkanes) is 1. The molecule has 212 valence electrons. The van der Waals surface area contributed by atoms with Crippen molar-refractivity contribution in [1.29, 1.82) is 0 Å². The van der Waals surface area contributed by atoms with Crippen LogP contribution in [0.2, 0.25) is 0 Å². The molecule has 0 N–H and O–H groups in total. The number of aliphatic imine (C=N–C) groups is 1. The highest BCUT2D eigenvalue weighted by atomic mass is 16.6. The number of ether oxygens (including phenoxy) is 1. The van der Waals surface area contributed by atoms with E-state index in [9.17, 15) is 19.7 Å². The molecule has 40 heavy (non-hydrogen) atoms. The number of nitro groups is 1. The van der Waals surface area contributed by atoms with Gasteiger partial charge in [-0.3, -0.25) is 24.7 Å². The molecule has 9 nitrogen and oxygen atoms in total. The molecule has 2 aromatic rings. The number of hydrogen-bond donors (Lipinski definition) is 0.